The molecule has 1 N–H and O–H groups in total. The number of hydrogen-bond donors (Lipinski definition) is 1. The summed E-state index contributed by atoms with van der Waals surface area (Å²) in [6.07, 6.45) is 3.97. The summed E-state index contributed by atoms with van der Waals surface area (Å²) in [4.78, 5) is 11.1. The van der Waals surface area contributed by atoms with Crippen LogP contribution < -0.4 is 14.8 Å². The number of rotatable bonds is 2. The van der Waals surface area contributed by atoms with Crippen LogP contribution in [-0.4, -0.2) is 26.0 Å². The number of carbonyl (C=O) groups excluding carboxylic acids is 1. The van der Waals surface area contributed by atoms with Crippen molar-refractivity contribution in [2.75, 3.05) is 19.8 Å². The van der Waals surface area contributed by atoms with Gasteiger partial charge in [0.05, 0.1) is 18.8 Å². The molecule has 3 rings (SSSR count). The number of aldehydes is 1. The molecule has 1 unspecified atom stereocenters. The molecule has 4 nitrogen and oxygen atoms in total. The summed E-state index contributed by atoms with van der Waals surface area (Å²) in [5, 5.41) is 3.46. The van der Waals surface area contributed by atoms with Gasteiger partial charge in [-0.05, 0) is 25.5 Å². The summed E-state index contributed by atoms with van der Waals surface area (Å²) in [7, 11) is 0. The van der Waals surface area contributed by atoms with Crippen molar-refractivity contribution in [3.8, 4) is 11.5 Å². The first-order chi connectivity index (χ1) is 8.90. The maximum atomic E-state index is 11.1. The third-order valence-corrected chi connectivity index (χ3v) is 3.52. The van der Waals surface area contributed by atoms with Crippen molar-refractivity contribution in [3.63, 3.8) is 0 Å². The molecule has 2 heterocycles. The Hall–Kier alpha value is -1.55. The first kappa shape index (κ1) is 11.5. The molecule has 0 spiro atoms. The highest BCUT2D eigenvalue weighted by atomic mass is 16.5. The fourth-order valence-electron chi connectivity index (χ4n) is 2.62. The van der Waals surface area contributed by atoms with Gasteiger partial charge in [0, 0.05) is 18.0 Å². The van der Waals surface area contributed by atoms with E-state index in [-0.39, 0.29) is 0 Å². The Morgan fingerprint density at radius 1 is 1.17 bits per heavy atom. The largest absolute Gasteiger partial charge is 0.489 e. The second-order valence-corrected chi connectivity index (χ2v) is 4.72. The number of hydrogen-bond acceptors (Lipinski definition) is 4. The zero-order valence-electron chi connectivity index (χ0n) is 10.3. The van der Waals surface area contributed by atoms with Gasteiger partial charge in [-0.25, -0.2) is 0 Å². The number of ether oxygens (including phenoxy) is 2. The Morgan fingerprint density at radius 3 is 2.72 bits per heavy atom. The van der Waals surface area contributed by atoms with Crippen molar-refractivity contribution < 1.29 is 14.3 Å². The smallest absolute Gasteiger partial charge is 0.171 e. The van der Waals surface area contributed by atoms with E-state index in [1.807, 2.05) is 12.1 Å². The van der Waals surface area contributed by atoms with Gasteiger partial charge in [0.25, 0.3) is 0 Å². The molecule has 1 atom stereocenters. The molecule has 18 heavy (non-hydrogen) atoms. The van der Waals surface area contributed by atoms with Gasteiger partial charge < -0.3 is 14.8 Å². The summed E-state index contributed by atoms with van der Waals surface area (Å²) in [6.45, 7) is 2.29. The second kappa shape index (κ2) is 4.98. The summed E-state index contributed by atoms with van der Waals surface area (Å²) >= 11 is 0. The van der Waals surface area contributed by atoms with Crippen LogP contribution in [0.5, 0.6) is 11.5 Å². The molecule has 1 saturated heterocycles. The molecule has 1 aromatic carbocycles. The van der Waals surface area contributed by atoms with Crippen LogP contribution in [0.3, 0.4) is 0 Å². The van der Waals surface area contributed by atoms with Crippen molar-refractivity contribution in [2.45, 2.75) is 25.3 Å². The zero-order chi connectivity index (χ0) is 12.4. The van der Waals surface area contributed by atoms with Crippen LogP contribution in [0.15, 0.2) is 12.1 Å². The predicted molar refractivity (Wildman–Crippen MR) is 67.4 cm³/mol. The predicted octanol–water partition coefficient (Wildman–Crippen LogP) is 2.08. The summed E-state index contributed by atoms with van der Waals surface area (Å²) < 4.78 is 11.5. The fraction of sp³-hybridized carbons (Fsp3) is 0.500. The molecule has 0 radical (unpaired) electrons. The van der Waals surface area contributed by atoms with E-state index in [2.05, 4.69) is 5.32 Å². The topological polar surface area (TPSA) is 47.6 Å². The van der Waals surface area contributed by atoms with E-state index >= 15 is 0 Å². The normalized spacial score (nSPS) is 22.6. The Balaban J connectivity index is 2.06. The third kappa shape index (κ3) is 1.97. The van der Waals surface area contributed by atoms with Crippen molar-refractivity contribution in [2.24, 2.45) is 0 Å². The monoisotopic (exact) mass is 247 g/mol. The lowest BCUT2D eigenvalue weighted by Gasteiger charge is -2.18. The Morgan fingerprint density at radius 2 is 2.00 bits per heavy atom. The lowest BCUT2D eigenvalue weighted by atomic mass is 10.0. The molecule has 96 valence electrons. The van der Waals surface area contributed by atoms with Gasteiger partial charge in [-0.2, -0.15) is 0 Å². The van der Waals surface area contributed by atoms with E-state index in [4.69, 9.17) is 9.47 Å². The zero-order valence-corrected chi connectivity index (χ0v) is 10.3. The van der Waals surface area contributed by atoms with Crippen LogP contribution >= 0.6 is 0 Å². The van der Waals surface area contributed by atoms with Gasteiger partial charge in [0.2, 0.25) is 0 Å². The Bertz CT molecular complexity index is 453. The van der Waals surface area contributed by atoms with Crippen LogP contribution in [0, 0.1) is 0 Å². The average molecular weight is 247 g/mol. The van der Waals surface area contributed by atoms with Gasteiger partial charge in [-0.1, -0.05) is 6.07 Å². The number of nitrogens with one attached hydrogen (secondary N) is 1. The van der Waals surface area contributed by atoms with Crippen LogP contribution in [-0.2, 0) is 0 Å². The number of carbonyl (C=O) groups is 1. The van der Waals surface area contributed by atoms with Crippen molar-refractivity contribution in [1.82, 2.24) is 5.32 Å². The van der Waals surface area contributed by atoms with E-state index < -0.39 is 0 Å². The van der Waals surface area contributed by atoms with Gasteiger partial charge in [0.1, 0.15) is 0 Å². The van der Waals surface area contributed by atoms with E-state index in [1.54, 1.807) is 0 Å². The van der Waals surface area contributed by atoms with Crippen LogP contribution in [0.1, 0.15) is 41.2 Å². The highest BCUT2D eigenvalue weighted by Gasteiger charge is 2.25. The van der Waals surface area contributed by atoms with E-state index in [0.29, 0.717) is 30.6 Å². The highest BCUT2D eigenvalue weighted by molar-refractivity contribution is 5.82. The van der Waals surface area contributed by atoms with Crippen LogP contribution in [0.4, 0.5) is 0 Å². The quantitative estimate of drug-likeness (QED) is 0.813. The Labute approximate surface area is 106 Å². The lowest BCUT2D eigenvalue weighted by molar-refractivity contribution is 0.111. The van der Waals surface area contributed by atoms with Gasteiger partial charge >= 0.3 is 0 Å². The minimum atomic E-state index is 0.321. The van der Waals surface area contributed by atoms with Crippen molar-refractivity contribution >= 4 is 6.29 Å². The summed E-state index contributed by atoms with van der Waals surface area (Å²) in [5.41, 5.74) is 1.70. The molecule has 1 aromatic rings. The summed E-state index contributed by atoms with van der Waals surface area (Å²) in [5.74, 6) is 1.38. The molecule has 1 fully saturated rings. The molecule has 0 saturated carbocycles. The maximum absolute atomic E-state index is 11.1. The fourth-order valence-corrected chi connectivity index (χ4v) is 2.62. The molecule has 2 aliphatic rings. The molecule has 0 aromatic heterocycles. The van der Waals surface area contributed by atoms with Gasteiger partial charge in [0.15, 0.2) is 17.8 Å². The third-order valence-electron chi connectivity index (χ3n) is 3.52. The number of fused-ring (bicyclic) bond motifs is 1. The molecule has 0 amide bonds. The van der Waals surface area contributed by atoms with Gasteiger partial charge in [-0.15, -0.1) is 0 Å². The summed E-state index contributed by atoms with van der Waals surface area (Å²) in [6, 6.07) is 4.14. The maximum Gasteiger partial charge on any atom is 0.171 e. The first-order valence-electron chi connectivity index (χ1n) is 6.51. The second-order valence-electron chi connectivity index (χ2n) is 4.72. The van der Waals surface area contributed by atoms with Crippen molar-refractivity contribution in [1.29, 1.82) is 0 Å². The number of benzene rings is 1. The van der Waals surface area contributed by atoms with Gasteiger partial charge in [-0.3, -0.25) is 4.79 Å². The minimum Gasteiger partial charge on any atom is -0.489 e. The average Bonchev–Trinajstić information content (AvgIpc) is 2.81. The SMILES string of the molecule is O=Cc1ccc(C2CCCN2)c2c1OCCCO2. The molecule has 2 aliphatic heterocycles. The van der Waals surface area contributed by atoms with Crippen molar-refractivity contribution in [3.05, 3.63) is 23.3 Å². The first-order valence-corrected chi connectivity index (χ1v) is 6.51. The lowest BCUT2D eigenvalue weighted by Crippen LogP contribution is -2.14. The highest BCUT2D eigenvalue weighted by Crippen LogP contribution is 2.41. The van der Waals surface area contributed by atoms with E-state index in [1.165, 1.54) is 6.42 Å². The van der Waals surface area contributed by atoms with Crippen LogP contribution in [0.25, 0.3) is 0 Å². The Kier molecular flexibility index (Phi) is 3.19. The molecule has 0 bridgehead atoms. The molecule has 4 heteroatoms. The molecular weight excluding hydrogens is 230 g/mol. The van der Waals surface area contributed by atoms with E-state index in [9.17, 15) is 4.79 Å². The standard InChI is InChI=1S/C14H17NO3/c16-9-10-4-5-11(12-3-1-6-15-12)14-13(10)17-7-2-8-18-14/h4-5,9,12,15H,1-3,6-8H2. The molecular formula is C14H17NO3. The van der Waals surface area contributed by atoms with Crippen LogP contribution in [0.2, 0.25) is 0 Å². The minimum absolute atomic E-state index is 0.321. The van der Waals surface area contributed by atoms with E-state index in [0.717, 1.165) is 37.0 Å². The molecule has 0 aliphatic carbocycles.